The lowest BCUT2D eigenvalue weighted by molar-refractivity contribution is -0.139. The first kappa shape index (κ1) is 20.1. The maximum atomic E-state index is 13.5. The average Bonchev–Trinajstić information content (AvgIpc) is 2.92. The summed E-state index contributed by atoms with van der Waals surface area (Å²) in [4.78, 5) is 13.4. The topological polar surface area (TPSA) is 29.5 Å². The molecule has 3 nitrogen and oxygen atoms in total. The van der Waals surface area contributed by atoms with Crippen LogP contribution >= 0.6 is 0 Å². The quantitative estimate of drug-likeness (QED) is 0.665. The molecule has 1 atom stereocenters. The minimum atomic E-state index is -4.76. The number of benzene rings is 2. The van der Waals surface area contributed by atoms with Crippen LogP contribution in [0.4, 0.5) is 22.0 Å². The van der Waals surface area contributed by atoms with Gasteiger partial charge in [0.1, 0.15) is 12.4 Å². The molecule has 1 heterocycles. The molecule has 1 fully saturated rings. The number of alkyl halides is 5. The molecule has 0 N–H and O–H groups in total. The summed E-state index contributed by atoms with van der Waals surface area (Å²) < 4.78 is 72.8. The van der Waals surface area contributed by atoms with E-state index in [1.165, 1.54) is 13.0 Å². The number of amides is 1. The van der Waals surface area contributed by atoms with E-state index in [1.54, 1.807) is 30.3 Å². The molecule has 8 heteroatoms. The summed E-state index contributed by atoms with van der Waals surface area (Å²) in [6, 6.07) is 10.8. The van der Waals surface area contributed by atoms with Crippen LogP contribution in [-0.4, -0.2) is 29.3 Å². The average molecular weight is 399 g/mol. The molecule has 1 amide bonds. The van der Waals surface area contributed by atoms with Crippen LogP contribution in [0.1, 0.15) is 34.8 Å². The van der Waals surface area contributed by atoms with E-state index in [2.05, 4.69) is 0 Å². The van der Waals surface area contributed by atoms with Crippen LogP contribution in [-0.2, 0) is 12.8 Å². The normalized spacial score (nSPS) is 18.9. The SMILES string of the molecule is C[C@@H]1CC(F)(F)CN1C(=O)c1ccc(OCc2ccccc2)c(C(F)(F)F)c1. The summed E-state index contributed by atoms with van der Waals surface area (Å²) in [7, 11) is 0. The van der Waals surface area contributed by atoms with Gasteiger partial charge in [0, 0.05) is 18.0 Å². The Labute approximate surface area is 158 Å². The van der Waals surface area contributed by atoms with E-state index in [9.17, 15) is 26.7 Å². The Bertz CT molecular complexity index is 851. The molecule has 2 aromatic rings. The van der Waals surface area contributed by atoms with Crippen molar-refractivity contribution >= 4 is 5.91 Å². The number of ether oxygens (including phenoxy) is 1. The molecule has 3 rings (SSSR count). The number of halogens is 5. The van der Waals surface area contributed by atoms with E-state index in [-0.39, 0.29) is 12.2 Å². The molecule has 0 unspecified atom stereocenters. The minimum absolute atomic E-state index is 0.0768. The second kappa shape index (κ2) is 7.41. The van der Waals surface area contributed by atoms with E-state index in [0.717, 1.165) is 11.0 Å². The lowest BCUT2D eigenvalue weighted by Crippen LogP contribution is -2.35. The number of hydrogen-bond acceptors (Lipinski definition) is 2. The standard InChI is InChI=1S/C20H18F5NO2/c1-13-10-19(21,22)12-26(13)18(27)15-7-8-17(16(9-15)20(23,24)25)28-11-14-5-3-2-4-6-14/h2-9,13H,10-12H2,1H3/t13-/m1/s1. The van der Waals surface area contributed by atoms with Gasteiger partial charge in [-0.05, 0) is 30.7 Å². The van der Waals surface area contributed by atoms with E-state index in [1.807, 2.05) is 0 Å². The highest BCUT2D eigenvalue weighted by molar-refractivity contribution is 5.95. The first-order chi connectivity index (χ1) is 13.1. The summed E-state index contributed by atoms with van der Waals surface area (Å²) in [6.45, 7) is 0.564. The van der Waals surface area contributed by atoms with Crippen molar-refractivity contribution in [2.45, 2.75) is 38.1 Å². The van der Waals surface area contributed by atoms with Gasteiger partial charge in [0.05, 0.1) is 12.1 Å². The maximum Gasteiger partial charge on any atom is 0.419 e. The van der Waals surface area contributed by atoms with Crippen LogP contribution in [0.5, 0.6) is 5.75 Å². The third-order valence-corrected chi connectivity index (χ3v) is 4.56. The molecule has 0 saturated carbocycles. The number of nitrogens with zero attached hydrogens (tertiary/aromatic N) is 1. The second-order valence-corrected chi connectivity index (χ2v) is 6.83. The fourth-order valence-corrected chi connectivity index (χ4v) is 3.20. The van der Waals surface area contributed by atoms with Crippen molar-refractivity contribution in [3.05, 3.63) is 65.2 Å². The van der Waals surface area contributed by atoms with Crippen molar-refractivity contribution in [2.75, 3.05) is 6.54 Å². The van der Waals surface area contributed by atoms with Crippen molar-refractivity contribution in [1.82, 2.24) is 4.90 Å². The summed E-state index contributed by atoms with van der Waals surface area (Å²) >= 11 is 0. The first-order valence-corrected chi connectivity index (χ1v) is 8.63. The van der Waals surface area contributed by atoms with E-state index in [4.69, 9.17) is 4.74 Å². The van der Waals surface area contributed by atoms with Crippen LogP contribution in [0.3, 0.4) is 0 Å². The van der Waals surface area contributed by atoms with E-state index < -0.39 is 48.3 Å². The zero-order valence-corrected chi connectivity index (χ0v) is 15.0. The third kappa shape index (κ3) is 4.43. The van der Waals surface area contributed by atoms with Gasteiger partial charge in [-0.15, -0.1) is 0 Å². The van der Waals surface area contributed by atoms with Crippen molar-refractivity contribution < 1.29 is 31.5 Å². The smallest absolute Gasteiger partial charge is 0.419 e. The Morgan fingerprint density at radius 3 is 2.43 bits per heavy atom. The van der Waals surface area contributed by atoms with Crippen LogP contribution in [0, 0.1) is 0 Å². The molecule has 0 radical (unpaired) electrons. The zero-order chi connectivity index (χ0) is 20.5. The van der Waals surface area contributed by atoms with Gasteiger partial charge < -0.3 is 9.64 Å². The monoisotopic (exact) mass is 399 g/mol. The fourth-order valence-electron chi connectivity index (χ4n) is 3.20. The van der Waals surface area contributed by atoms with Gasteiger partial charge >= 0.3 is 6.18 Å². The second-order valence-electron chi connectivity index (χ2n) is 6.83. The molecule has 0 bridgehead atoms. The Kier molecular flexibility index (Phi) is 5.32. The molecule has 1 aliphatic rings. The predicted octanol–water partition coefficient (Wildman–Crippen LogP) is 5.15. The summed E-state index contributed by atoms with van der Waals surface area (Å²) in [5, 5.41) is 0. The molecule has 150 valence electrons. The maximum absolute atomic E-state index is 13.5. The number of likely N-dealkylation sites (tertiary alicyclic amines) is 1. The molecule has 0 aliphatic carbocycles. The van der Waals surface area contributed by atoms with Gasteiger partial charge in [-0.25, -0.2) is 8.78 Å². The number of carbonyl (C=O) groups excluding carboxylic acids is 1. The van der Waals surface area contributed by atoms with Gasteiger partial charge in [0.2, 0.25) is 0 Å². The number of rotatable bonds is 4. The number of hydrogen-bond donors (Lipinski definition) is 0. The fraction of sp³-hybridized carbons (Fsp3) is 0.350. The summed E-state index contributed by atoms with van der Waals surface area (Å²) in [6.07, 6.45) is -5.27. The molecule has 0 spiro atoms. The molecule has 1 aliphatic heterocycles. The Hall–Kier alpha value is -2.64. The van der Waals surface area contributed by atoms with Gasteiger partial charge in [-0.2, -0.15) is 13.2 Å². The Balaban J connectivity index is 1.85. The van der Waals surface area contributed by atoms with Crippen LogP contribution in [0.25, 0.3) is 0 Å². The van der Waals surface area contributed by atoms with Crippen LogP contribution in [0.2, 0.25) is 0 Å². The highest BCUT2D eigenvalue weighted by atomic mass is 19.4. The first-order valence-electron chi connectivity index (χ1n) is 8.63. The van der Waals surface area contributed by atoms with E-state index in [0.29, 0.717) is 11.6 Å². The highest BCUT2D eigenvalue weighted by Crippen LogP contribution is 2.38. The molecule has 2 aromatic carbocycles. The molecule has 0 aromatic heterocycles. The molecular weight excluding hydrogens is 381 g/mol. The predicted molar refractivity (Wildman–Crippen MR) is 92.3 cm³/mol. The van der Waals surface area contributed by atoms with Crippen molar-refractivity contribution in [2.24, 2.45) is 0 Å². The third-order valence-electron chi connectivity index (χ3n) is 4.56. The van der Waals surface area contributed by atoms with Gasteiger partial charge in [-0.3, -0.25) is 4.79 Å². The molecular formula is C20H18F5NO2. The summed E-state index contributed by atoms with van der Waals surface area (Å²) in [5.74, 6) is -4.32. The number of carbonyl (C=O) groups is 1. The highest BCUT2D eigenvalue weighted by Gasteiger charge is 2.45. The zero-order valence-electron chi connectivity index (χ0n) is 15.0. The van der Waals surface area contributed by atoms with Crippen molar-refractivity contribution in [3.8, 4) is 5.75 Å². The van der Waals surface area contributed by atoms with Crippen LogP contribution in [0.15, 0.2) is 48.5 Å². The van der Waals surface area contributed by atoms with Crippen molar-refractivity contribution in [1.29, 1.82) is 0 Å². The Morgan fingerprint density at radius 1 is 1.18 bits per heavy atom. The van der Waals surface area contributed by atoms with Crippen LogP contribution < -0.4 is 4.74 Å². The largest absolute Gasteiger partial charge is 0.488 e. The van der Waals surface area contributed by atoms with Gasteiger partial charge in [-0.1, -0.05) is 30.3 Å². The van der Waals surface area contributed by atoms with E-state index >= 15 is 0 Å². The lowest BCUT2D eigenvalue weighted by atomic mass is 10.1. The van der Waals surface area contributed by atoms with Crippen molar-refractivity contribution in [3.63, 3.8) is 0 Å². The molecule has 28 heavy (non-hydrogen) atoms. The minimum Gasteiger partial charge on any atom is -0.488 e. The Morgan fingerprint density at radius 2 is 1.86 bits per heavy atom. The summed E-state index contributed by atoms with van der Waals surface area (Å²) in [5.41, 5.74) is -0.735. The molecule has 1 saturated heterocycles. The lowest BCUT2D eigenvalue weighted by Gasteiger charge is -2.22. The van der Waals surface area contributed by atoms with Gasteiger partial charge in [0.25, 0.3) is 11.8 Å². The van der Waals surface area contributed by atoms with Gasteiger partial charge in [0.15, 0.2) is 0 Å².